The summed E-state index contributed by atoms with van der Waals surface area (Å²) in [7, 11) is 0. The number of likely N-dealkylation sites (tertiary alicyclic amines) is 1. The number of nitrogens with one attached hydrogen (secondary N) is 1. The molecule has 0 aromatic carbocycles. The molecule has 1 saturated carbocycles. The molecular formula is C24H30F3N5O. The molecule has 2 aromatic rings. The van der Waals surface area contributed by atoms with Gasteiger partial charge in [-0.1, -0.05) is 0 Å². The lowest BCUT2D eigenvalue weighted by Gasteiger charge is -2.24. The van der Waals surface area contributed by atoms with Gasteiger partial charge >= 0.3 is 6.18 Å². The van der Waals surface area contributed by atoms with Crippen molar-refractivity contribution in [1.82, 2.24) is 20.1 Å². The second kappa shape index (κ2) is 9.54. The summed E-state index contributed by atoms with van der Waals surface area (Å²) < 4.78 is 63.0. The Morgan fingerprint density at radius 1 is 1.09 bits per heavy atom. The van der Waals surface area contributed by atoms with Crippen LogP contribution in [0.2, 0.25) is 0 Å². The van der Waals surface area contributed by atoms with Crippen LogP contribution in [-0.2, 0) is 10.9 Å². The zero-order valence-corrected chi connectivity index (χ0v) is 18.4. The van der Waals surface area contributed by atoms with Gasteiger partial charge < -0.3 is 15.0 Å². The third-order valence-electron chi connectivity index (χ3n) is 6.99. The Kier molecular flexibility index (Phi) is 5.82. The van der Waals surface area contributed by atoms with Crippen molar-refractivity contribution in [2.24, 2.45) is 17.8 Å². The van der Waals surface area contributed by atoms with Crippen molar-refractivity contribution in [2.75, 3.05) is 38.1 Å². The minimum atomic E-state index is -4.49. The number of hydrogen-bond donors (Lipinski definition) is 1. The van der Waals surface area contributed by atoms with Gasteiger partial charge in [-0.2, -0.15) is 13.2 Å². The molecular weight excluding hydrogens is 431 g/mol. The van der Waals surface area contributed by atoms with Crippen LogP contribution in [-0.4, -0.2) is 58.9 Å². The SMILES string of the molecule is [2H]C([2H])(C1CCCOCC1)N1CC2CC(Nc3ccc(-c4cnccc4C(F)(F)F)nn3)CC2C1. The smallest absolute Gasteiger partial charge is 0.381 e. The summed E-state index contributed by atoms with van der Waals surface area (Å²) in [4.78, 5) is 5.85. The van der Waals surface area contributed by atoms with Gasteiger partial charge in [-0.05, 0) is 68.1 Å². The summed E-state index contributed by atoms with van der Waals surface area (Å²) in [5.74, 6) is 1.37. The molecule has 4 heterocycles. The highest BCUT2D eigenvalue weighted by Gasteiger charge is 2.41. The van der Waals surface area contributed by atoms with Crippen LogP contribution in [0.5, 0.6) is 0 Å². The van der Waals surface area contributed by atoms with Crippen molar-refractivity contribution in [3.05, 3.63) is 36.2 Å². The van der Waals surface area contributed by atoms with Gasteiger partial charge in [0.1, 0.15) is 5.82 Å². The van der Waals surface area contributed by atoms with Gasteiger partial charge in [-0.3, -0.25) is 4.98 Å². The van der Waals surface area contributed by atoms with Crippen molar-refractivity contribution >= 4 is 5.82 Å². The summed E-state index contributed by atoms with van der Waals surface area (Å²) in [5.41, 5.74) is -0.753. The number of nitrogens with zero attached hydrogens (tertiary/aromatic N) is 4. The van der Waals surface area contributed by atoms with Crippen molar-refractivity contribution in [2.45, 2.75) is 44.3 Å². The second-order valence-electron chi connectivity index (χ2n) is 9.33. The van der Waals surface area contributed by atoms with Gasteiger partial charge in [0, 0.05) is 59.5 Å². The van der Waals surface area contributed by atoms with Crippen molar-refractivity contribution in [1.29, 1.82) is 0 Å². The van der Waals surface area contributed by atoms with Crippen LogP contribution in [0.1, 0.15) is 40.4 Å². The van der Waals surface area contributed by atoms with Gasteiger partial charge in [0.25, 0.3) is 0 Å². The third-order valence-corrected chi connectivity index (χ3v) is 6.99. The average molecular weight is 464 g/mol. The maximum absolute atomic E-state index is 13.3. The molecule has 9 heteroatoms. The topological polar surface area (TPSA) is 63.2 Å². The molecule has 0 spiro atoms. The standard InChI is InChI=1S/C24H30F3N5O/c25-24(26,27)21-5-7-28-12-20(21)22-3-4-23(31-30-22)29-19-10-17-14-32(15-18(17)11-19)13-16-2-1-8-33-9-6-16/h3-5,7,12,16-19H,1-2,6,8-11,13-15H2,(H,29,31)/i13D2. The first-order valence-electron chi connectivity index (χ1n) is 12.7. The zero-order chi connectivity index (χ0) is 24.6. The fourth-order valence-corrected chi connectivity index (χ4v) is 5.42. The number of ether oxygens (including phenoxy) is 1. The summed E-state index contributed by atoms with van der Waals surface area (Å²) in [6.07, 6.45) is 2.14. The summed E-state index contributed by atoms with van der Waals surface area (Å²) in [6.45, 7) is 1.54. The molecule has 2 aromatic heterocycles. The molecule has 0 bridgehead atoms. The van der Waals surface area contributed by atoms with Crippen LogP contribution in [0.15, 0.2) is 30.6 Å². The predicted octanol–water partition coefficient (Wildman–Crippen LogP) is 4.50. The van der Waals surface area contributed by atoms with E-state index in [1.807, 2.05) is 4.90 Å². The highest BCUT2D eigenvalue weighted by atomic mass is 19.4. The van der Waals surface area contributed by atoms with E-state index >= 15 is 0 Å². The summed E-state index contributed by atoms with van der Waals surface area (Å²) >= 11 is 0. The highest BCUT2D eigenvalue weighted by Crippen LogP contribution is 2.40. The maximum Gasteiger partial charge on any atom is 0.417 e. The van der Waals surface area contributed by atoms with Gasteiger partial charge in [-0.15, -0.1) is 10.2 Å². The minimum Gasteiger partial charge on any atom is -0.381 e. The van der Waals surface area contributed by atoms with Gasteiger partial charge in [0.15, 0.2) is 0 Å². The predicted molar refractivity (Wildman–Crippen MR) is 118 cm³/mol. The van der Waals surface area contributed by atoms with Crippen LogP contribution in [0.3, 0.4) is 0 Å². The molecule has 3 fully saturated rings. The third kappa shape index (κ3) is 5.30. The van der Waals surface area contributed by atoms with E-state index in [-0.39, 0.29) is 23.2 Å². The number of aromatic nitrogens is 3. The van der Waals surface area contributed by atoms with Gasteiger partial charge in [-0.25, -0.2) is 0 Å². The number of hydrogen-bond acceptors (Lipinski definition) is 6. The molecule has 178 valence electrons. The molecule has 5 rings (SSSR count). The Morgan fingerprint density at radius 2 is 1.91 bits per heavy atom. The Balaban J connectivity index is 1.19. The highest BCUT2D eigenvalue weighted by molar-refractivity contribution is 5.63. The normalized spacial score (nSPS) is 29.8. The first-order valence-corrected chi connectivity index (χ1v) is 11.7. The van der Waals surface area contributed by atoms with Crippen LogP contribution < -0.4 is 5.32 Å². The molecule has 1 aliphatic carbocycles. The molecule has 2 saturated heterocycles. The Bertz CT molecular complexity index is 1000. The largest absolute Gasteiger partial charge is 0.417 e. The number of fused-ring (bicyclic) bond motifs is 1. The fourth-order valence-electron chi connectivity index (χ4n) is 5.42. The summed E-state index contributed by atoms with van der Waals surface area (Å²) in [6, 6.07) is 4.32. The van der Waals surface area contributed by atoms with E-state index in [1.165, 1.54) is 6.07 Å². The molecule has 3 unspecified atom stereocenters. The maximum atomic E-state index is 13.3. The van der Waals surface area contributed by atoms with E-state index < -0.39 is 18.2 Å². The number of halogens is 3. The van der Waals surface area contributed by atoms with Crippen LogP contribution in [0.25, 0.3) is 11.3 Å². The Morgan fingerprint density at radius 3 is 2.64 bits per heavy atom. The first-order chi connectivity index (χ1) is 16.7. The minimum absolute atomic E-state index is 0.00390. The molecule has 3 atom stereocenters. The molecule has 33 heavy (non-hydrogen) atoms. The zero-order valence-electron chi connectivity index (χ0n) is 20.4. The lowest BCUT2D eigenvalue weighted by molar-refractivity contribution is -0.137. The molecule has 2 aliphatic heterocycles. The van der Waals surface area contributed by atoms with E-state index in [0.29, 0.717) is 24.3 Å². The monoisotopic (exact) mass is 463 g/mol. The van der Waals surface area contributed by atoms with E-state index in [4.69, 9.17) is 7.48 Å². The number of rotatable bonds is 5. The van der Waals surface area contributed by atoms with E-state index in [2.05, 4.69) is 20.5 Å². The van der Waals surface area contributed by atoms with E-state index in [1.54, 1.807) is 6.07 Å². The van der Waals surface area contributed by atoms with Crippen LogP contribution in [0, 0.1) is 17.8 Å². The lowest BCUT2D eigenvalue weighted by Crippen LogP contribution is -2.30. The molecule has 0 amide bonds. The molecule has 6 nitrogen and oxygen atoms in total. The van der Waals surface area contributed by atoms with Crippen LogP contribution >= 0.6 is 0 Å². The molecule has 0 radical (unpaired) electrons. The molecule has 1 N–H and O–H groups in total. The average Bonchev–Trinajstić information content (AvgIpc) is 3.26. The lowest BCUT2D eigenvalue weighted by atomic mass is 10.00. The number of anilines is 1. The quantitative estimate of drug-likeness (QED) is 0.705. The number of alkyl halides is 3. The van der Waals surface area contributed by atoms with Crippen LogP contribution in [0.4, 0.5) is 19.0 Å². The Labute approximate surface area is 194 Å². The van der Waals surface area contributed by atoms with Gasteiger partial charge in [0.05, 0.1) is 11.3 Å². The van der Waals surface area contributed by atoms with E-state index in [0.717, 1.165) is 70.3 Å². The van der Waals surface area contributed by atoms with Crippen molar-refractivity contribution < 1.29 is 20.6 Å². The molecule has 3 aliphatic rings. The summed E-state index contributed by atoms with van der Waals surface area (Å²) in [5, 5.41) is 11.5. The van der Waals surface area contributed by atoms with E-state index in [9.17, 15) is 13.2 Å². The fraction of sp³-hybridized carbons (Fsp3) is 0.625. The van der Waals surface area contributed by atoms with Crippen molar-refractivity contribution in [3.63, 3.8) is 0 Å². The number of pyridine rings is 1. The second-order valence-corrected chi connectivity index (χ2v) is 9.33. The first kappa shape index (κ1) is 20.1. The van der Waals surface area contributed by atoms with Gasteiger partial charge in [0.2, 0.25) is 0 Å². The van der Waals surface area contributed by atoms with Crippen molar-refractivity contribution in [3.8, 4) is 11.3 Å². The Hall–Kier alpha value is -2.26.